The highest BCUT2D eigenvalue weighted by Crippen LogP contribution is 2.19. The van der Waals surface area contributed by atoms with E-state index in [1.165, 1.54) is 295 Å². The van der Waals surface area contributed by atoms with E-state index in [0.29, 0.717) is 12.8 Å². The summed E-state index contributed by atoms with van der Waals surface area (Å²) in [6, 6.07) is -0.809. The molecule has 73 heavy (non-hydrogen) atoms. The lowest BCUT2D eigenvalue weighted by Crippen LogP contribution is -2.50. The van der Waals surface area contributed by atoms with Gasteiger partial charge in [-0.3, -0.25) is 4.79 Å². The SMILES string of the molecule is CCCCCCCCCCCCCCCCCC(O)OCCCCCCCCCCCCCCCCCCCCCCCCCCCCCC(=O)NC(CO)C(O)C(O)CCCCCCCCCCCCCC. The molecule has 0 fully saturated rings. The number of aliphatic hydroxyl groups is 4. The summed E-state index contributed by atoms with van der Waals surface area (Å²) in [5, 5.41) is 43.9. The number of aliphatic hydroxyl groups excluding tert-OH is 4. The van der Waals surface area contributed by atoms with Crippen LogP contribution in [0, 0.1) is 0 Å². The molecule has 0 rings (SSSR count). The normalized spacial score (nSPS) is 13.5. The standard InChI is InChI=1S/C66H133NO6/c1-3-5-7-9-11-13-15-17-31-35-39-43-47-51-55-59-65(71)73-60-56-52-48-44-40-36-33-30-28-26-24-22-20-18-19-21-23-25-27-29-32-34-38-42-46-50-54-58-64(70)67-62(61-68)66(72)63(69)57-53-49-45-41-37-16-14-12-10-8-6-4-2/h62-63,65-66,68-69,71-72H,3-61H2,1-2H3,(H,67,70). The Bertz CT molecular complexity index is 1030. The van der Waals surface area contributed by atoms with Gasteiger partial charge in [0.05, 0.1) is 18.8 Å². The van der Waals surface area contributed by atoms with E-state index in [9.17, 15) is 25.2 Å². The molecule has 0 aliphatic carbocycles. The van der Waals surface area contributed by atoms with Gasteiger partial charge < -0.3 is 30.5 Å². The van der Waals surface area contributed by atoms with E-state index in [0.717, 1.165) is 64.4 Å². The van der Waals surface area contributed by atoms with E-state index in [1.807, 2.05) is 0 Å². The molecule has 1 amide bonds. The second-order valence-corrected chi connectivity index (χ2v) is 23.5. The molecule has 0 aromatic heterocycles. The minimum Gasteiger partial charge on any atom is -0.394 e. The Morgan fingerprint density at radius 2 is 0.589 bits per heavy atom. The summed E-state index contributed by atoms with van der Waals surface area (Å²) in [5.74, 6) is -0.142. The van der Waals surface area contributed by atoms with Crippen molar-refractivity contribution in [1.29, 1.82) is 0 Å². The molecule has 0 radical (unpaired) electrons. The lowest BCUT2D eigenvalue weighted by molar-refractivity contribution is -0.124. The maximum atomic E-state index is 12.5. The third kappa shape index (κ3) is 57.3. The molecule has 4 unspecified atom stereocenters. The first kappa shape index (κ1) is 72.3. The molecule has 7 nitrogen and oxygen atoms in total. The maximum Gasteiger partial charge on any atom is 0.220 e. The largest absolute Gasteiger partial charge is 0.394 e. The van der Waals surface area contributed by atoms with Crippen molar-refractivity contribution in [3.8, 4) is 0 Å². The maximum absolute atomic E-state index is 12.5. The summed E-state index contributed by atoms with van der Waals surface area (Å²) in [4.78, 5) is 12.5. The Morgan fingerprint density at radius 3 is 0.877 bits per heavy atom. The molecule has 0 aromatic rings. The highest BCUT2D eigenvalue weighted by molar-refractivity contribution is 5.76. The molecule has 5 N–H and O–H groups in total. The van der Waals surface area contributed by atoms with Crippen LogP contribution >= 0.6 is 0 Å². The topological polar surface area (TPSA) is 119 Å². The summed E-state index contributed by atoms with van der Waals surface area (Å²) in [5.41, 5.74) is 0. The first-order chi connectivity index (χ1) is 36.0. The molecular formula is C66H133NO6. The van der Waals surface area contributed by atoms with E-state index < -0.39 is 24.5 Å². The van der Waals surface area contributed by atoms with Gasteiger partial charge in [0.1, 0.15) is 6.10 Å². The Kier molecular flexibility index (Phi) is 61.5. The van der Waals surface area contributed by atoms with Crippen LogP contribution in [0.1, 0.15) is 380 Å². The number of unbranched alkanes of at least 4 members (excludes halogenated alkanes) is 51. The van der Waals surface area contributed by atoms with Gasteiger partial charge in [-0.05, 0) is 32.1 Å². The second-order valence-electron chi connectivity index (χ2n) is 23.5. The van der Waals surface area contributed by atoms with Crippen LogP contribution in [0.15, 0.2) is 0 Å². The van der Waals surface area contributed by atoms with Crippen LogP contribution < -0.4 is 5.32 Å². The van der Waals surface area contributed by atoms with E-state index in [1.54, 1.807) is 0 Å². The third-order valence-corrected chi connectivity index (χ3v) is 16.1. The minimum atomic E-state index is -1.14. The van der Waals surface area contributed by atoms with Gasteiger partial charge in [-0.25, -0.2) is 0 Å². The van der Waals surface area contributed by atoms with E-state index in [-0.39, 0.29) is 12.5 Å². The van der Waals surface area contributed by atoms with Crippen molar-refractivity contribution < 1.29 is 30.0 Å². The van der Waals surface area contributed by atoms with Crippen molar-refractivity contribution >= 4 is 5.91 Å². The highest BCUT2D eigenvalue weighted by atomic mass is 16.6. The fourth-order valence-electron chi connectivity index (χ4n) is 11.0. The Labute approximate surface area is 456 Å². The number of hydrogen-bond donors (Lipinski definition) is 5. The van der Waals surface area contributed by atoms with Crippen LogP contribution in [0.2, 0.25) is 0 Å². The van der Waals surface area contributed by atoms with Crippen LogP contribution in [0.4, 0.5) is 0 Å². The highest BCUT2D eigenvalue weighted by Gasteiger charge is 2.27. The zero-order valence-electron chi connectivity index (χ0n) is 49.6. The Balaban J connectivity index is 3.36. The Hall–Kier alpha value is -0.730. The molecule has 4 atom stereocenters. The monoisotopic (exact) mass is 1040 g/mol. The molecule has 7 heteroatoms. The van der Waals surface area contributed by atoms with Crippen molar-refractivity contribution in [3.05, 3.63) is 0 Å². The number of carbonyl (C=O) groups is 1. The molecule has 0 spiro atoms. The fraction of sp³-hybridized carbons (Fsp3) is 0.985. The van der Waals surface area contributed by atoms with Crippen LogP contribution in [0.5, 0.6) is 0 Å². The summed E-state index contributed by atoms with van der Waals surface area (Å²) in [6.07, 6.45) is 70.5. The molecule has 0 aromatic carbocycles. The van der Waals surface area contributed by atoms with Crippen molar-refractivity contribution in [1.82, 2.24) is 5.32 Å². The molecular weight excluding hydrogens is 903 g/mol. The van der Waals surface area contributed by atoms with Gasteiger partial charge in [-0.2, -0.15) is 0 Å². The summed E-state index contributed by atoms with van der Waals surface area (Å²) in [6.45, 7) is 4.91. The van der Waals surface area contributed by atoms with Crippen LogP contribution in [0.25, 0.3) is 0 Å². The predicted molar refractivity (Wildman–Crippen MR) is 318 cm³/mol. The molecule has 0 saturated heterocycles. The number of nitrogens with one attached hydrogen (secondary N) is 1. The smallest absolute Gasteiger partial charge is 0.220 e. The second kappa shape index (κ2) is 62.1. The number of ether oxygens (including phenoxy) is 1. The van der Waals surface area contributed by atoms with Crippen LogP contribution in [-0.2, 0) is 9.53 Å². The van der Waals surface area contributed by atoms with Crippen molar-refractivity contribution in [2.45, 2.75) is 404 Å². The lowest BCUT2D eigenvalue weighted by Gasteiger charge is -2.26. The van der Waals surface area contributed by atoms with Gasteiger partial charge in [0.25, 0.3) is 0 Å². The van der Waals surface area contributed by atoms with Gasteiger partial charge in [0.15, 0.2) is 6.29 Å². The summed E-state index contributed by atoms with van der Waals surface area (Å²) < 4.78 is 5.69. The molecule has 438 valence electrons. The minimum absolute atomic E-state index is 0.142. The van der Waals surface area contributed by atoms with E-state index in [4.69, 9.17) is 4.74 Å². The van der Waals surface area contributed by atoms with Gasteiger partial charge >= 0.3 is 0 Å². The van der Waals surface area contributed by atoms with Crippen LogP contribution in [0.3, 0.4) is 0 Å². The summed E-state index contributed by atoms with van der Waals surface area (Å²) in [7, 11) is 0. The molecule has 0 aliphatic rings. The van der Waals surface area contributed by atoms with Gasteiger partial charge in [0, 0.05) is 13.0 Å². The molecule has 0 saturated carbocycles. The molecule has 0 aliphatic heterocycles. The van der Waals surface area contributed by atoms with E-state index in [2.05, 4.69) is 19.2 Å². The number of carbonyl (C=O) groups excluding carboxylic acids is 1. The van der Waals surface area contributed by atoms with Gasteiger partial charge in [-0.15, -0.1) is 0 Å². The zero-order valence-corrected chi connectivity index (χ0v) is 49.6. The van der Waals surface area contributed by atoms with Crippen LogP contribution in [-0.4, -0.2) is 64.1 Å². The number of amides is 1. The average molecular weight is 1040 g/mol. The van der Waals surface area contributed by atoms with Crippen molar-refractivity contribution in [2.75, 3.05) is 13.2 Å². The average Bonchev–Trinajstić information content (AvgIpc) is 3.39. The molecule has 0 bridgehead atoms. The zero-order chi connectivity index (χ0) is 53.0. The number of hydrogen-bond acceptors (Lipinski definition) is 6. The quantitative estimate of drug-likeness (QED) is 0.0306. The first-order valence-corrected chi connectivity index (χ1v) is 33.5. The fourth-order valence-corrected chi connectivity index (χ4v) is 11.0. The first-order valence-electron chi connectivity index (χ1n) is 33.5. The van der Waals surface area contributed by atoms with Crippen molar-refractivity contribution in [2.24, 2.45) is 0 Å². The molecule has 0 heterocycles. The van der Waals surface area contributed by atoms with Crippen molar-refractivity contribution in [3.63, 3.8) is 0 Å². The third-order valence-electron chi connectivity index (χ3n) is 16.1. The van der Waals surface area contributed by atoms with E-state index >= 15 is 0 Å². The lowest BCUT2D eigenvalue weighted by atomic mass is 9.99. The van der Waals surface area contributed by atoms with Gasteiger partial charge in [0.2, 0.25) is 5.91 Å². The predicted octanol–water partition coefficient (Wildman–Crippen LogP) is 19.8. The summed E-state index contributed by atoms with van der Waals surface area (Å²) >= 11 is 0. The van der Waals surface area contributed by atoms with Gasteiger partial charge in [-0.1, -0.05) is 341 Å². The Morgan fingerprint density at radius 1 is 0.342 bits per heavy atom. The number of rotatable bonds is 64.